The van der Waals surface area contributed by atoms with Crippen molar-refractivity contribution in [2.75, 3.05) is 18.4 Å². The molecule has 0 fully saturated rings. The van der Waals surface area contributed by atoms with Crippen molar-refractivity contribution in [1.29, 1.82) is 0 Å². The van der Waals surface area contributed by atoms with Gasteiger partial charge in [-0.15, -0.1) is 0 Å². The summed E-state index contributed by atoms with van der Waals surface area (Å²) in [5, 5.41) is 3.62. The van der Waals surface area contributed by atoms with Crippen LogP contribution in [0.5, 0.6) is 0 Å². The second kappa shape index (κ2) is 10.4. The first-order chi connectivity index (χ1) is 12.5. The number of hydrogen-bond acceptors (Lipinski definition) is 2. The quantitative estimate of drug-likeness (QED) is 0.691. The highest BCUT2D eigenvalue weighted by molar-refractivity contribution is 5.56. The molecule has 3 unspecified atom stereocenters. The molecule has 2 aromatic rings. The molecule has 0 amide bonds. The van der Waals surface area contributed by atoms with Crippen LogP contribution in [0.15, 0.2) is 54.6 Å². The van der Waals surface area contributed by atoms with Crippen LogP contribution in [-0.4, -0.2) is 13.1 Å². The monoisotopic (exact) mass is 352 g/mol. The highest BCUT2D eigenvalue weighted by Gasteiger charge is 2.26. The van der Waals surface area contributed by atoms with E-state index in [-0.39, 0.29) is 0 Å². The lowest BCUT2D eigenvalue weighted by molar-refractivity contribution is 0.375. The number of anilines is 1. The van der Waals surface area contributed by atoms with Gasteiger partial charge < -0.3 is 11.1 Å². The fourth-order valence-electron chi connectivity index (χ4n) is 3.50. The van der Waals surface area contributed by atoms with Gasteiger partial charge in [-0.25, -0.2) is 0 Å². The summed E-state index contributed by atoms with van der Waals surface area (Å²) in [7, 11) is 0. The third kappa shape index (κ3) is 5.88. The predicted molar refractivity (Wildman–Crippen MR) is 115 cm³/mol. The van der Waals surface area contributed by atoms with E-state index >= 15 is 0 Å². The van der Waals surface area contributed by atoms with Crippen LogP contribution >= 0.6 is 0 Å². The predicted octanol–water partition coefficient (Wildman–Crippen LogP) is 6.02. The first-order valence-electron chi connectivity index (χ1n) is 10.1. The van der Waals surface area contributed by atoms with Crippen LogP contribution in [0.2, 0.25) is 0 Å². The van der Waals surface area contributed by atoms with Gasteiger partial charge in [0.25, 0.3) is 0 Å². The van der Waals surface area contributed by atoms with Crippen LogP contribution in [-0.2, 0) is 0 Å². The van der Waals surface area contributed by atoms with Crippen molar-refractivity contribution in [2.45, 2.75) is 52.4 Å². The molecule has 1 aliphatic heterocycles. The smallest absolute Gasteiger partial charge is 0.0375 e. The summed E-state index contributed by atoms with van der Waals surface area (Å²) in [6, 6.07) is 18.9. The number of hydrogen-bond donors (Lipinski definition) is 2. The molecule has 2 aromatic carbocycles. The Balaban J connectivity index is 0.000000342. The van der Waals surface area contributed by atoms with Crippen LogP contribution in [0.25, 0.3) is 0 Å². The van der Waals surface area contributed by atoms with E-state index in [1.165, 1.54) is 29.7 Å². The van der Waals surface area contributed by atoms with Crippen LogP contribution < -0.4 is 11.1 Å². The molecule has 0 saturated carbocycles. The van der Waals surface area contributed by atoms with E-state index in [2.05, 4.69) is 51.2 Å². The highest BCUT2D eigenvalue weighted by atomic mass is 14.9. The molecule has 2 heteroatoms. The molecule has 0 radical (unpaired) electrons. The Hall–Kier alpha value is -1.80. The molecule has 0 spiro atoms. The minimum absolute atomic E-state index is 0.602. The molecule has 3 rings (SSSR count). The summed E-state index contributed by atoms with van der Waals surface area (Å²) < 4.78 is 0. The van der Waals surface area contributed by atoms with Gasteiger partial charge in [-0.3, -0.25) is 0 Å². The maximum atomic E-state index is 5.74. The summed E-state index contributed by atoms with van der Waals surface area (Å²) in [5.74, 6) is 2.63. The average Bonchev–Trinajstić information content (AvgIpc) is 2.68. The van der Waals surface area contributed by atoms with E-state index in [1.54, 1.807) is 0 Å². The minimum atomic E-state index is 0.602. The molecule has 0 aromatic heterocycles. The summed E-state index contributed by atoms with van der Waals surface area (Å²) in [4.78, 5) is 0. The van der Waals surface area contributed by atoms with Gasteiger partial charge in [0, 0.05) is 12.2 Å². The lowest BCUT2D eigenvalue weighted by atomic mass is 9.79. The topological polar surface area (TPSA) is 38.0 Å². The molecule has 1 aliphatic rings. The molecular weight excluding hydrogens is 316 g/mol. The van der Waals surface area contributed by atoms with Crippen molar-refractivity contribution >= 4 is 5.69 Å². The fraction of sp³-hybridized carbons (Fsp3) is 0.500. The van der Waals surface area contributed by atoms with Crippen LogP contribution in [0.3, 0.4) is 0 Å². The van der Waals surface area contributed by atoms with Gasteiger partial charge in [-0.2, -0.15) is 0 Å². The number of nitrogens with two attached hydrogens (primary N) is 1. The zero-order valence-electron chi connectivity index (χ0n) is 16.9. The van der Waals surface area contributed by atoms with Crippen molar-refractivity contribution in [3.63, 3.8) is 0 Å². The van der Waals surface area contributed by atoms with Gasteiger partial charge in [0.15, 0.2) is 0 Å². The van der Waals surface area contributed by atoms with Gasteiger partial charge in [0.2, 0.25) is 0 Å². The Morgan fingerprint density at radius 2 is 1.65 bits per heavy atom. The van der Waals surface area contributed by atoms with Crippen LogP contribution in [0.1, 0.15) is 63.5 Å². The Bertz CT molecular complexity index is 609. The normalized spacial score (nSPS) is 19.8. The van der Waals surface area contributed by atoms with Gasteiger partial charge in [-0.05, 0) is 60.3 Å². The zero-order valence-corrected chi connectivity index (χ0v) is 16.9. The minimum Gasteiger partial charge on any atom is -0.385 e. The van der Waals surface area contributed by atoms with E-state index < -0.39 is 0 Å². The molecule has 142 valence electrons. The van der Waals surface area contributed by atoms with E-state index in [1.807, 2.05) is 36.4 Å². The number of rotatable bonds is 5. The molecule has 3 atom stereocenters. The maximum Gasteiger partial charge on any atom is 0.0375 e. The van der Waals surface area contributed by atoms with Crippen molar-refractivity contribution in [3.8, 4) is 0 Å². The molecule has 3 N–H and O–H groups in total. The Labute approximate surface area is 160 Å². The van der Waals surface area contributed by atoms with Crippen molar-refractivity contribution in [3.05, 3.63) is 65.7 Å². The number of benzene rings is 2. The van der Waals surface area contributed by atoms with Crippen molar-refractivity contribution in [2.24, 2.45) is 17.6 Å². The van der Waals surface area contributed by atoms with E-state index in [4.69, 9.17) is 5.73 Å². The Morgan fingerprint density at radius 1 is 1.04 bits per heavy atom. The third-order valence-corrected chi connectivity index (χ3v) is 5.59. The summed E-state index contributed by atoms with van der Waals surface area (Å²) in [5.41, 5.74) is 10.0. The second-order valence-corrected chi connectivity index (χ2v) is 8.00. The first kappa shape index (κ1) is 20.5. The molecule has 26 heavy (non-hydrogen) atoms. The molecule has 0 saturated heterocycles. The molecule has 0 aliphatic carbocycles. The lowest BCUT2D eigenvalue weighted by Crippen LogP contribution is -2.27. The summed E-state index contributed by atoms with van der Waals surface area (Å²) in [6.07, 6.45) is 2.52. The Kier molecular flexibility index (Phi) is 8.18. The number of nitrogens with one attached hydrogen (secondary N) is 1. The summed E-state index contributed by atoms with van der Waals surface area (Å²) in [6.45, 7) is 11.1. The highest BCUT2D eigenvalue weighted by Crippen LogP contribution is 2.38. The average molecular weight is 353 g/mol. The van der Waals surface area contributed by atoms with Gasteiger partial charge in [0.1, 0.15) is 0 Å². The standard InChI is InChI=1S/C18H30N2.C6H6/c1-12(2)15-7-8-18-17(9-15)14(4)16(11-20-18)6-5-13(3)10-19;1-2-4-6-5-3-1/h7-9,12-14,16,20H,5-6,10-11,19H2,1-4H3;1-6H. The van der Waals surface area contributed by atoms with Crippen molar-refractivity contribution in [1.82, 2.24) is 0 Å². The zero-order chi connectivity index (χ0) is 18.9. The van der Waals surface area contributed by atoms with Crippen LogP contribution in [0.4, 0.5) is 5.69 Å². The largest absolute Gasteiger partial charge is 0.385 e. The Morgan fingerprint density at radius 3 is 2.19 bits per heavy atom. The van der Waals surface area contributed by atoms with E-state index in [9.17, 15) is 0 Å². The van der Waals surface area contributed by atoms with Gasteiger partial charge in [0.05, 0.1) is 0 Å². The van der Waals surface area contributed by atoms with Crippen molar-refractivity contribution < 1.29 is 0 Å². The third-order valence-electron chi connectivity index (χ3n) is 5.59. The maximum absolute atomic E-state index is 5.74. The molecular formula is C24H36N2. The SMILES string of the molecule is CC(CN)CCC1CNc2ccc(C(C)C)cc2C1C.c1ccccc1. The first-order valence-corrected chi connectivity index (χ1v) is 10.1. The second-order valence-electron chi connectivity index (χ2n) is 8.00. The fourth-order valence-corrected chi connectivity index (χ4v) is 3.50. The molecule has 1 heterocycles. The van der Waals surface area contributed by atoms with Gasteiger partial charge >= 0.3 is 0 Å². The number of fused-ring (bicyclic) bond motifs is 1. The van der Waals surface area contributed by atoms with E-state index in [0.29, 0.717) is 17.8 Å². The van der Waals surface area contributed by atoms with Crippen LogP contribution in [0, 0.1) is 11.8 Å². The molecule has 0 bridgehead atoms. The molecule has 2 nitrogen and oxygen atoms in total. The van der Waals surface area contributed by atoms with Gasteiger partial charge in [-0.1, -0.05) is 76.2 Å². The lowest BCUT2D eigenvalue weighted by Gasteiger charge is -2.33. The summed E-state index contributed by atoms with van der Waals surface area (Å²) >= 11 is 0. The van der Waals surface area contributed by atoms with E-state index in [0.717, 1.165) is 19.0 Å².